The molecule has 2 aliphatic heterocycles. The number of halogens is 1. The number of aromatic nitrogens is 1. The first kappa shape index (κ1) is 21.8. The molecule has 7 nitrogen and oxygen atoms in total. The number of carbonyl (C=O) groups excluding carboxylic acids is 2. The van der Waals surface area contributed by atoms with Gasteiger partial charge >= 0.3 is 0 Å². The van der Waals surface area contributed by atoms with E-state index in [4.69, 9.17) is 21.1 Å². The van der Waals surface area contributed by atoms with Gasteiger partial charge in [0.2, 0.25) is 0 Å². The number of carbonyl (C=O) groups is 2. The van der Waals surface area contributed by atoms with Crippen molar-refractivity contribution < 1.29 is 24.2 Å². The molecule has 5 rings (SSSR count). The van der Waals surface area contributed by atoms with Crippen molar-refractivity contribution in [3.05, 3.63) is 65.2 Å². The summed E-state index contributed by atoms with van der Waals surface area (Å²) in [7, 11) is 1.46. The molecule has 0 radical (unpaired) electrons. The third-order valence-corrected chi connectivity index (χ3v) is 7.51. The van der Waals surface area contributed by atoms with E-state index in [9.17, 15) is 14.7 Å². The summed E-state index contributed by atoms with van der Waals surface area (Å²) in [4.78, 5) is 33.1. The molecular formula is C25H25ClN2O5. The molecule has 0 spiro atoms. The Balaban J connectivity index is 1.60. The second kappa shape index (κ2) is 8.37. The van der Waals surface area contributed by atoms with Gasteiger partial charge in [0.05, 0.1) is 24.6 Å². The van der Waals surface area contributed by atoms with Crippen molar-refractivity contribution in [2.45, 2.75) is 43.8 Å². The Morgan fingerprint density at radius 2 is 2.09 bits per heavy atom. The molecule has 1 saturated carbocycles. The number of aromatic hydroxyl groups is 1. The van der Waals surface area contributed by atoms with Crippen LogP contribution in [0, 0.1) is 11.8 Å². The van der Waals surface area contributed by atoms with Gasteiger partial charge in [-0.25, -0.2) is 0 Å². The number of nitrogens with zero attached hydrogens (tertiary/aromatic N) is 2. The van der Waals surface area contributed by atoms with Gasteiger partial charge in [-0.2, -0.15) is 0 Å². The third kappa shape index (κ3) is 3.64. The van der Waals surface area contributed by atoms with Gasteiger partial charge in [0, 0.05) is 24.3 Å². The van der Waals surface area contributed by atoms with Gasteiger partial charge in [0.25, 0.3) is 5.91 Å². The lowest BCUT2D eigenvalue weighted by Gasteiger charge is -2.40. The predicted molar refractivity (Wildman–Crippen MR) is 121 cm³/mol. The van der Waals surface area contributed by atoms with Crippen molar-refractivity contribution in [1.82, 2.24) is 9.88 Å². The van der Waals surface area contributed by atoms with Crippen LogP contribution in [-0.2, 0) is 20.9 Å². The standard InChI is InChI=1S/C25H25ClN2O5/c1-13-8-19-16(10-17(13)26)23(30)21-22(15-5-6-18(29)20(9-15)32-2)28(25(31)24(21)33-19)12-14-4-3-7-27-11-14/h3-7,9,11,13,16-17,19,22,29H,8,10,12H2,1-2H3. The molecule has 1 aliphatic carbocycles. The number of amides is 1. The molecule has 5 atom stereocenters. The van der Waals surface area contributed by atoms with Crippen LogP contribution in [0.4, 0.5) is 0 Å². The van der Waals surface area contributed by atoms with Crippen LogP contribution in [0.2, 0.25) is 0 Å². The van der Waals surface area contributed by atoms with E-state index in [-0.39, 0.29) is 58.8 Å². The first-order valence-corrected chi connectivity index (χ1v) is 11.5. The van der Waals surface area contributed by atoms with E-state index in [1.165, 1.54) is 13.2 Å². The molecule has 1 amide bonds. The number of alkyl halides is 1. The number of methoxy groups -OCH3 is 1. The topological polar surface area (TPSA) is 89.0 Å². The van der Waals surface area contributed by atoms with Crippen molar-refractivity contribution in [3.8, 4) is 11.5 Å². The maximum absolute atomic E-state index is 13.8. The Labute approximate surface area is 197 Å². The number of hydrogen-bond acceptors (Lipinski definition) is 6. The number of hydrogen-bond donors (Lipinski definition) is 1. The van der Waals surface area contributed by atoms with Gasteiger partial charge in [-0.3, -0.25) is 14.6 Å². The van der Waals surface area contributed by atoms with E-state index in [1.54, 1.807) is 35.5 Å². The van der Waals surface area contributed by atoms with E-state index in [0.717, 1.165) is 5.56 Å². The zero-order chi connectivity index (χ0) is 23.3. The van der Waals surface area contributed by atoms with Gasteiger partial charge in [0.1, 0.15) is 6.10 Å². The summed E-state index contributed by atoms with van der Waals surface area (Å²) in [6.45, 7) is 2.30. The van der Waals surface area contributed by atoms with Crippen molar-refractivity contribution in [3.63, 3.8) is 0 Å². The van der Waals surface area contributed by atoms with Crippen LogP contribution < -0.4 is 4.74 Å². The van der Waals surface area contributed by atoms with Crippen molar-refractivity contribution >= 4 is 23.3 Å². The maximum Gasteiger partial charge on any atom is 0.290 e. The van der Waals surface area contributed by atoms with Gasteiger partial charge in [-0.15, -0.1) is 11.6 Å². The molecule has 1 N–H and O–H groups in total. The number of ether oxygens (including phenoxy) is 2. The first-order valence-electron chi connectivity index (χ1n) is 11.0. The molecule has 1 aromatic carbocycles. The van der Waals surface area contributed by atoms with E-state index >= 15 is 0 Å². The van der Waals surface area contributed by atoms with Crippen molar-refractivity contribution in [2.24, 2.45) is 11.8 Å². The van der Waals surface area contributed by atoms with Crippen LogP contribution in [0.5, 0.6) is 11.5 Å². The lowest BCUT2D eigenvalue weighted by atomic mass is 9.74. The monoisotopic (exact) mass is 468 g/mol. The summed E-state index contributed by atoms with van der Waals surface area (Å²) in [5, 5.41) is 9.98. The zero-order valence-corrected chi connectivity index (χ0v) is 19.2. The molecule has 172 valence electrons. The summed E-state index contributed by atoms with van der Waals surface area (Å²) < 4.78 is 11.5. The van der Waals surface area contributed by atoms with Crippen LogP contribution in [0.3, 0.4) is 0 Å². The Kier molecular flexibility index (Phi) is 5.52. The lowest BCUT2D eigenvalue weighted by molar-refractivity contribution is -0.136. The van der Waals surface area contributed by atoms with E-state index in [2.05, 4.69) is 4.98 Å². The Morgan fingerprint density at radius 1 is 1.27 bits per heavy atom. The molecule has 1 fully saturated rings. The Bertz CT molecular complexity index is 1130. The SMILES string of the molecule is COc1cc(C2C3=C(OC4CC(C)C(Cl)CC4C3=O)C(=O)N2Cc2cccnc2)ccc1O. The average molecular weight is 469 g/mol. The quantitative estimate of drug-likeness (QED) is 0.687. The number of Topliss-reactive ketones (excluding diaryl/α,β-unsaturated/α-hetero) is 1. The van der Waals surface area contributed by atoms with Crippen molar-refractivity contribution in [1.29, 1.82) is 0 Å². The molecule has 5 unspecified atom stereocenters. The predicted octanol–water partition coefficient (Wildman–Crippen LogP) is 3.75. The van der Waals surface area contributed by atoms with Gasteiger partial charge in [-0.1, -0.05) is 19.1 Å². The summed E-state index contributed by atoms with van der Waals surface area (Å²) in [5.41, 5.74) is 1.85. The van der Waals surface area contributed by atoms with E-state index in [1.807, 2.05) is 13.0 Å². The van der Waals surface area contributed by atoms with Gasteiger partial charge < -0.3 is 19.5 Å². The van der Waals surface area contributed by atoms with Gasteiger partial charge in [-0.05, 0) is 48.1 Å². The maximum atomic E-state index is 13.8. The zero-order valence-electron chi connectivity index (χ0n) is 18.4. The highest BCUT2D eigenvalue weighted by Crippen LogP contribution is 2.49. The van der Waals surface area contributed by atoms with Crippen LogP contribution in [0.15, 0.2) is 54.1 Å². The second-order valence-corrected chi connectivity index (χ2v) is 9.52. The number of ketones is 1. The van der Waals surface area contributed by atoms with E-state index < -0.39 is 6.04 Å². The van der Waals surface area contributed by atoms with Crippen LogP contribution in [-0.4, -0.2) is 45.3 Å². The second-order valence-electron chi connectivity index (χ2n) is 8.96. The minimum atomic E-state index is -0.663. The summed E-state index contributed by atoms with van der Waals surface area (Å²) >= 11 is 6.52. The fourth-order valence-electron chi connectivity index (χ4n) is 5.13. The number of fused-ring (bicyclic) bond motifs is 1. The van der Waals surface area contributed by atoms with Crippen LogP contribution >= 0.6 is 11.6 Å². The number of phenols is 1. The largest absolute Gasteiger partial charge is 0.504 e. The third-order valence-electron chi connectivity index (χ3n) is 6.90. The highest BCUT2D eigenvalue weighted by Gasteiger charge is 2.53. The lowest BCUT2D eigenvalue weighted by Crippen LogP contribution is -2.44. The molecular weight excluding hydrogens is 444 g/mol. The molecule has 33 heavy (non-hydrogen) atoms. The summed E-state index contributed by atoms with van der Waals surface area (Å²) in [6.07, 6.45) is 4.17. The van der Waals surface area contributed by atoms with Crippen LogP contribution in [0.1, 0.15) is 36.9 Å². The number of rotatable bonds is 4. The molecule has 3 heterocycles. The smallest absolute Gasteiger partial charge is 0.290 e. The minimum Gasteiger partial charge on any atom is -0.504 e. The average Bonchev–Trinajstić information content (AvgIpc) is 3.08. The molecule has 2 aromatic rings. The molecule has 8 heteroatoms. The number of benzene rings is 1. The Morgan fingerprint density at radius 3 is 2.82 bits per heavy atom. The highest BCUT2D eigenvalue weighted by atomic mass is 35.5. The Hall–Kier alpha value is -3.06. The summed E-state index contributed by atoms with van der Waals surface area (Å²) in [6, 6.07) is 7.89. The van der Waals surface area contributed by atoms with Gasteiger partial charge in [0.15, 0.2) is 23.0 Å². The minimum absolute atomic E-state index is 0.0175. The highest BCUT2D eigenvalue weighted by molar-refractivity contribution is 6.21. The first-order chi connectivity index (χ1) is 15.9. The fourth-order valence-corrected chi connectivity index (χ4v) is 5.42. The fraction of sp³-hybridized carbons (Fsp3) is 0.400. The van der Waals surface area contributed by atoms with E-state index in [0.29, 0.717) is 24.0 Å². The normalized spacial score (nSPS) is 28.9. The molecule has 3 aliphatic rings. The summed E-state index contributed by atoms with van der Waals surface area (Å²) in [5.74, 6) is -0.211. The molecule has 0 saturated heterocycles. The molecule has 0 bridgehead atoms. The number of phenolic OH excluding ortho intramolecular Hbond substituents is 1. The van der Waals surface area contributed by atoms with Crippen molar-refractivity contribution in [2.75, 3.05) is 7.11 Å². The van der Waals surface area contributed by atoms with Crippen LogP contribution in [0.25, 0.3) is 0 Å². The molecule has 1 aromatic heterocycles. The number of pyridine rings is 1.